The van der Waals surface area contributed by atoms with E-state index >= 15 is 4.39 Å². The number of alkyl halides is 6. The summed E-state index contributed by atoms with van der Waals surface area (Å²) in [5, 5.41) is 3.42. The minimum atomic E-state index is -4.89. The first-order valence-corrected chi connectivity index (χ1v) is 16.5. The molecule has 1 aromatic carbocycles. The number of aryl methyl sites for hydroxylation is 1. The van der Waals surface area contributed by atoms with E-state index in [9.17, 15) is 26.3 Å². The molecule has 3 aromatic rings. The van der Waals surface area contributed by atoms with Crippen LogP contribution in [0.2, 0.25) is 5.02 Å². The van der Waals surface area contributed by atoms with E-state index in [2.05, 4.69) is 20.3 Å². The summed E-state index contributed by atoms with van der Waals surface area (Å²) in [6.07, 6.45) is -5.22. The van der Waals surface area contributed by atoms with Crippen molar-refractivity contribution in [1.29, 1.82) is 0 Å². The first kappa shape index (κ1) is 33.3. The fourth-order valence-corrected chi connectivity index (χ4v) is 7.85. The molecular formula is C32H35ClF7N7O. The van der Waals surface area contributed by atoms with Crippen LogP contribution in [0.15, 0.2) is 12.1 Å². The summed E-state index contributed by atoms with van der Waals surface area (Å²) < 4.78 is 106. The van der Waals surface area contributed by atoms with E-state index in [1.807, 2.05) is 9.80 Å². The highest BCUT2D eigenvalue weighted by atomic mass is 35.5. The summed E-state index contributed by atoms with van der Waals surface area (Å²) in [6.45, 7) is 3.31. The molecule has 3 N–H and O–H groups in total. The third kappa shape index (κ3) is 6.45. The summed E-state index contributed by atoms with van der Waals surface area (Å²) in [4.78, 5) is 16.7. The monoisotopic (exact) mass is 701 g/mol. The van der Waals surface area contributed by atoms with E-state index < -0.39 is 46.3 Å². The smallest absolute Gasteiger partial charge is 0.418 e. The van der Waals surface area contributed by atoms with Gasteiger partial charge in [0.05, 0.1) is 34.4 Å². The number of nitrogens with two attached hydrogens (primary N) is 1. The maximum absolute atomic E-state index is 16.7. The molecule has 260 valence electrons. The average molecular weight is 702 g/mol. The maximum Gasteiger partial charge on any atom is 0.418 e. The van der Waals surface area contributed by atoms with E-state index in [1.165, 1.54) is 13.0 Å². The van der Waals surface area contributed by atoms with Gasteiger partial charge in [-0.3, -0.25) is 0 Å². The zero-order valence-corrected chi connectivity index (χ0v) is 26.9. The summed E-state index contributed by atoms with van der Waals surface area (Å²) in [5.74, 6) is -2.40. The van der Waals surface area contributed by atoms with Gasteiger partial charge in [0.1, 0.15) is 17.2 Å². The molecule has 16 heteroatoms. The Morgan fingerprint density at radius 1 is 1.02 bits per heavy atom. The number of halogens is 8. The topological polar surface area (TPSA) is 92.4 Å². The third-order valence-electron chi connectivity index (χ3n) is 10.1. The van der Waals surface area contributed by atoms with Crippen molar-refractivity contribution >= 4 is 34.1 Å². The number of rotatable bonds is 7. The van der Waals surface area contributed by atoms with E-state index in [0.29, 0.717) is 38.4 Å². The number of benzene rings is 1. The number of nitrogens with one attached hydrogen (secondary N) is 1. The van der Waals surface area contributed by atoms with Gasteiger partial charge in [0.15, 0.2) is 5.82 Å². The zero-order chi connectivity index (χ0) is 34.2. The van der Waals surface area contributed by atoms with Crippen molar-refractivity contribution in [2.75, 3.05) is 50.0 Å². The van der Waals surface area contributed by atoms with E-state index in [1.54, 1.807) is 0 Å². The number of pyridine rings is 1. The number of piperazine rings is 1. The lowest BCUT2D eigenvalue weighted by Crippen LogP contribution is -2.51. The first-order valence-electron chi connectivity index (χ1n) is 16.1. The number of piperidine rings is 1. The Kier molecular flexibility index (Phi) is 8.34. The van der Waals surface area contributed by atoms with Crippen LogP contribution in [-0.4, -0.2) is 77.4 Å². The number of nitrogen functional groups attached to an aromatic ring is 1. The highest BCUT2D eigenvalue weighted by molar-refractivity contribution is 6.34. The van der Waals surface area contributed by atoms with Gasteiger partial charge in [-0.2, -0.15) is 36.3 Å². The molecule has 3 aliphatic heterocycles. The van der Waals surface area contributed by atoms with Crippen LogP contribution in [-0.2, 0) is 6.18 Å². The number of nitrogens with zero attached hydrogens (tertiary/aromatic N) is 5. The van der Waals surface area contributed by atoms with Gasteiger partial charge in [0, 0.05) is 49.1 Å². The molecule has 7 rings (SSSR count). The number of likely N-dealkylation sites (tertiary alicyclic amines) is 1. The molecule has 8 nitrogen and oxygen atoms in total. The maximum atomic E-state index is 16.7. The van der Waals surface area contributed by atoms with Crippen LogP contribution < -0.4 is 20.7 Å². The lowest BCUT2D eigenvalue weighted by atomic mass is 9.96. The quantitative estimate of drug-likeness (QED) is 0.261. The van der Waals surface area contributed by atoms with E-state index in [4.69, 9.17) is 22.1 Å². The van der Waals surface area contributed by atoms with E-state index in [0.717, 1.165) is 31.7 Å². The minimum Gasteiger partial charge on any atom is -0.463 e. The fraction of sp³-hybridized carbons (Fsp3) is 0.594. The fourth-order valence-electron chi connectivity index (χ4n) is 7.57. The molecule has 0 radical (unpaired) electrons. The molecule has 0 amide bonds. The van der Waals surface area contributed by atoms with Crippen LogP contribution in [0.1, 0.15) is 49.7 Å². The van der Waals surface area contributed by atoms with Gasteiger partial charge in [-0.15, -0.1) is 0 Å². The zero-order valence-electron chi connectivity index (χ0n) is 26.1. The molecule has 3 unspecified atom stereocenters. The highest BCUT2D eigenvalue weighted by Gasteiger charge is 2.48. The SMILES string of the molecule is Cc1cc(N)nc(-c2c(Cl)cc3c(N4CC5CCC(C4)N5)nc(OCC4(CN5CCCC(C(F)(F)F)C5)CC4)nc3c2F)c1C(F)(F)F. The van der Waals surface area contributed by atoms with Gasteiger partial charge in [0.2, 0.25) is 0 Å². The van der Waals surface area contributed by atoms with Crippen molar-refractivity contribution in [3.05, 3.63) is 34.1 Å². The van der Waals surface area contributed by atoms with Crippen molar-refractivity contribution in [3.63, 3.8) is 0 Å². The summed E-state index contributed by atoms with van der Waals surface area (Å²) in [6, 6.07) is 2.58. The standard InChI is InChI=1S/C32H35ClF7N7O/c1-16-9-22(41)43-27(24(16)32(38,39)40)23-21(33)10-20-26(25(23)34)44-29(45-28(20)47-12-18-4-5-19(13-47)42-18)48-15-30(6-7-30)14-46-8-2-3-17(11-46)31(35,36)37/h9-10,17-19,42H,2-8,11-15H2,1H3,(H2,41,43). The second-order valence-corrected chi connectivity index (χ2v) is 14.2. The van der Waals surface area contributed by atoms with Crippen molar-refractivity contribution in [2.45, 2.75) is 69.9 Å². The Morgan fingerprint density at radius 2 is 1.73 bits per heavy atom. The van der Waals surface area contributed by atoms with Crippen LogP contribution in [0.25, 0.3) is 22.2 Å². The Bertz CT molecular complexity index is 1720. The van der Waals surface area contributed by atoms with Gasteiger partial charge in [0.25, 0.3) is 0 Å². The minimum absolute atomic E-state index is 0.0701. The predicted octanol–water partition coefficient (Wildman–Crippen LogP) is 6.77. The molecule has 0 spiro atoms. The molecule has 5 heterocycles. The summed E-state index contributed by atoms with van der Waals surface area (Å²) >= 11 is 6.57. The van der Waals surface area contributed by atoms with E-state index in [-0.39, 0.29) is 65.0 Å². The highest BCUT2D eigenvalue weighted by Crippen LogP contribution is 2.48. The van der Waals surface area contributed by atoms with Crippen LogP contribution in [0.4, 0.5) is 42.4 Å². The Balaban J connectivity index is 1.26. The molecule has 3 saturated heterocycles. The van der Waals surface area contributed by atoms with Gasteiger partial charge < -0.3 is 25.6 Å². The van der Waals surface area contributed by atoms with Gasteiger partial charge in [-0.1, -0.05) is 11.6 Å². The number of hydrogen-bond acceptors (Lipinski definition) is 8. The van der Waals surface area contributed by atoms with Crippen molar-refractivity contribution in [2.24, 2.45) is 11.3 Å². The second kappa shape index (κ2) is 12.0. The molecule has 2 aromatic heterocycles. The molecule has 3 atom stereocenters. The predicted molar refractivity (Wildman–Crippen MR) is 166 cm³/mol. The third-order valence-corrected chi connectivity index (χ3v) is 10.4. The molecule has 48 heavy (non-hydrogen) atoms. The molecule has 1 aliphatic carbocycles. The molecule has 2 bridgehead atoms. The normalized spacial score (nSPS) is 24.4. The van der Waals surface area contributed by atoms with Crippen LogP contribution in [0.5, 0.6) is 6.01 Å². The summed E-state index contributed by atoms with van der Waals surface area (Å²) in [5.41, 5.74) is 2.38. The lowest BCUT2D eigenvalue weighted by Gasteiger charge is -2.36. The van der Waals surface area contributed by atoms with Gasteiger partial charge in [-0.25, -0.2) is 9.37 Å². The van der Waals surface area contributed by atoms with Crippen molar-refractivity contribution < 1.29 is 35.5 Å². The van der Waals surface area contributed by atoms with Crippen LogP contribution in [0, 0.1) is 24.1 Å². The first-order chi connectivity index (χ1) is 22.6. The summed E-state index contributed by atoms with van der Waals surface area (Å²) in [7, 11) is 0. The molecule has 1 saturated carbocycles. The Labute approximate surface area is 277 Å². The van der Waals surface area contributed by atoms with Crippen molar-refractivity contribution in [1.82, 2.24) is 25.2 Å². The molecule has 4 aliphatic rings. The molecular weight excluding hydrogens is 667 g/mol. The van der Waals surface area contributed by atoms with Gasteiger partial charge >= 0.3 is 18.4 Å². The van der Waals surface area contributed by atoms with Crippen molar-refractivity contribution in [3.8, 4) is 17.3 Å². The van der Waals surface area contributed by atoms with Gasteiger partial charge in [-0.05, 0) is 69.7 Å². The van der Waals surface area contributed by atoms with Crippen LogP contribution >= 0.6 is 11.6 Å². The van der Waals surface area contributed by atoms with Crippen LogP contribution in [0.3, 0.4) is 0 Å². The second-order valence-electron chi connectivity index (χ2n) is 13.8. The largest absolute Gasteiger partial charge is 0.463 e. The number of ether oxygens (including phenoxy) is 1. The molecule has 4 fully saturated rings. The number of hydrogen-bond donors (Lipinski definition) is 2. The Hall–Kier alpha value is -3.17. The Morgan fingerprint density at radius 3 is 2.38 bits per heavy atom. The number of fused-ring (bicyclic) bond motifs is 3. The number of aromatic nitrogens is 3. The average Bonchev–Trinajstić information content (AvgIpc) is 3.68. The number of anilines is 2. The lowest BCUT2D eigenvalue weighted by molar-refractivity contribution is -0.187.